The lowest BCUT2D eigenvalue weighted by Crippen LogP contribution is -2.44. The number of H-pyrrole nitrogens is 1. The third-order valence-corrected chi connectivity index (χ3v) is 4.79. The Morgan fingerprint density at radius 2 is 1.88 bits per heavy atom. The summed E-state index contributed by atoms with van der Waals surface area (Å²) in [7, 11) is 2.13. The Hall–Kier alpha value is -2.30. The molecule has 0 saturated carbocycles. The molecule has 0 unspecified atom stereocenters. The van der Waals surface area contributed by atoms with Gasteiger partial charge in [-0.1, -0.05) is 23.9 Å². The minimum absolute atomic E-state index is 0.0557. The van der Waals surface area contributed by atoms with Crippen molar-refractivity contribution in [2.75, 3.05) is 44.4 Å². The van der Waals surface area contributed by atoms with Gasteiger partial charge in [-0.3, -0.25) is 4.79 Å². The summed E-state index contributed by atoms with van der Waals surface area (Å²) in [6.45, 7) is 4.10. The van der Waals surface area contributed by atoms with E-state index in [0.29, 0.717) is 10.9 Å². The molecule has 0 aliphatic carbocycles. The predicted molar refractivity (Wildman–Crippen MR) is 96.5 cm³/mol. The van der Waals surface area contributed by atoms with Gasteiger partial charge in [0.15, 0.2) is 5.16 Å². The van der Waals surface area contributed by atoms with Gasteiger partial charge in [0.05, 0.1) is 5.69 Å². The van der Waals surface area contributed by atoms with E-state index in [-0.39, 0.29) is 5.56 Å². The third-order valence-electron chi connectivity index (χ3n) is 4.21. The van der Waals surface area contributed by atoms with Crippen LogP contribution in [0.25, 0.3) is 11.3 Å². The summed E-state index contributed by atoms with van der Waals surface area (Å²) in [5.74, 6) is 0. The van der Waals surface area contributed by atoms with E-state index in [0.717, 1.165) is 37.4 Å². The average molecular weight is 341 g/mol. The monoisotopic (exact) mass is 341 g/mol. The van der Waals surface area contributed by atoms with Gasteiger partial charge in [-0.05, 0) is 25.4 Å². The Morgan fingerprint density at radius 1 is 1.21 bits per heavy atom. The van der Waals surface area contributed by atoms with Crippen molar-refractivity contribution in [3.63, 3.8) is 0 Å². The number of rotatable bonds is 3. The lowest BCUT2D eigenvalue weighted by Gasteiger charge is -2.34. The van der Waals surface area contributed by atoms with E-state index in [1.807, 2.05) is 36.6 Å². The molecular formula is C17H19N5OS. The van der Waals surface area contributed by atoms with Crippen LogP contribution in [0.2, 0.25) is 0 Å². The number of piperazine rings is 1. The number of benzene rings is 1. The maximum atomic E-state index is 12.0. The van der Waals surface area contributed by atoms with Crippen molar-refractivity contribution in [1.29, 1.82) is 5.26 Å². The van der Waals surface area contributed by atoms with Crippen LogP contribution >= 0.6 is 11.8 Å². The molecule has 3 rings (SSSR count). The average Bonchev–Trinajstić information content (AvgIpc) is 2.62. The highest BCUT2D eigenvalue weighted by molar-refractivity contribution is 7.98. The molecule has 1 aliphatic rings. The minimum Gasteiger partial charge on any atom is -0.369 e. The number of nitrogens with one attached hydrogen (secondary N) is 1. The van der Waals surface area contributed by atoms with Gasteiger partial charge in [0.25, 0.3) is 5.56 Å². The van der Waals surface area contributed by atoms with E-state index in [1.165, 1.54) is 11.8 Å². The zero-order valence-corrected chi connectivity index (χ0v) is 14.6. The summed E-state index contributed by atoms with van der Waals surface area (Å²) in [5, 5.41) is 9.79. The number of thioether (sulfide) groups is 1. The number of hydrogen-bond acceptors (Lipinski definition) is 6. The highest BCUT2D eigenvalue weighted by Gasteiger charge is 2.16. The number of hydrogen-bond donors (Lipinski definition) is 1. The van der Waals surface area contributed by atoms with Crippen LogP contribution < -0.4 is 10.5 Å². The van der Waals surface area contributed by atoms with Crippen LogP contribution in [-0.4, -0.2) is 54.4 Å². The number of nitriles is 1. The van der Waals surface area contributed by atoms with Crippen molar-refractivity contribution in [3.05, 3.63) is 40.2 Å². The molecule has 0 spiro atoms. The molecule has 24 heavy (non-hydrogen) atoms. The summed E-state index contributed by atoms with van der Waals surface area (Å²) >= 11 is 1.35. The normalized spacial score (nSPS) is 15.3. The summed E-state index contributed by atoms with van der Waals surface area (Å²) in [6, 6.07) is 9.89. The molecule has 1 aliphatic heterocycles. The molecule has 1 fully saturated rings. The summed E-state index contributed by atoms with van der Waals surface area (Å²) in [6.07, 6.45) is 1.84. The van der Waals surface area contributed by atoms with Gasteiger partial charge in [0.1, 0.15) is 11.6 Å². The standard InChI is InChI=1S/C17H19N5OS/c1-21-7-9-22(10-8-21)13-5-3-12(4-6-13)15-14(11-18)16(23)20-17(19-15)24-2/h3-6H,7-10H2,1-2H3,(H,19,20,23). The van der Waals surface area contributed by atoms with Gasteiger partial charge in [-0.2, -0.15) is 5.26 Å². The summed E-state index contributed by atoms with van der Waals surface area (Å²) in [5.41, 5.74) is 2.04. The second-order valence-corrected chi connectivity index (χ2v) is 6.54. The molecule has 7 heteroatoms. The first-order valence-electron chi connectivity index (χ1n) is 7.74. The fourth-order valence-corrected chi connectivity index (χ4v) is 3.13. The van der Waals surface area contributed by atoms with Crippen LogP contribution in [0.4, 0.5) is 5.69 Å². The first kappa shape index (κ1) is 16.6. The Labute approximate surface area is 145 Å². The molecule has 0 bridgehead atoms. The Bertz CT molecular complexity index is 816. The molecule has 1 aromatic heterocycles. The van der Waals surface area contributed by atoms with Crippen molar-refractivity contribution in [2.24, 2.45) is 0 Å². The number of likely N-dealkylation sites (N-methyl/N-ethyl adjacent to an activating group) is 1. The van der Waals surface area contributed by atoms with Gasteiger partial charge < -0.3 is 14.8 Å². The molecule has 0 atom stereocenters. The van der Waals surface area contributed by atoms with Gasteiger partial charge >= 0.3 is 0 Å². The highest BCUT2D eigenvalue weighted by Crippen LogP contribution is 2.25. The second kappa shape index (κ2) is 7.07. The number of aromatic amines is 1. The second-order valence-electron chi connectivity index (χ2n) is 5.75. The van der Waals surface area contributed by atoms with Crippen molar-refractivity contribution >= 4 is 17.4 Å². The molecule has 2 heterocycles. The fourth-order valence-electron chi connectivity index (χ4n) is 2.76. The van der Waals surface area contributed by atoms with Crippen LogP contribution in [0.15, 0.2) is 34.2 Å². The summed E-state index contributed by atoms with van der Waals surface area (Å²) in [4.78, 5) is 23.7. The molecule has 6 nitrogen and oxygen atoms in total. The Morgan fingerprint density at radius 3 is 2.46 bits per heavy atom. The molecule has 0 radical (unpaired) electrons. The lowest BCUT2D eigenvalue weighted by atomic mass is 10.1. The van der Waals surface area contributed by atoms with Crippen molar-refractivity contribution in [2.45, 2.75) is 5.16 Å². The van der Waals surface area contributed by atoms with Crippen LogP contribution in [0, 0.1) is 11.3 Å². The molecule has 1 aromatic carbocycles. The van der Waals surface area contributed by atoms with E-state index in [9.17, 15) is 10.1 Å². The number of nitrogens with zero attached hydrogens (tertiary/aromatic N) is 4. The summed E-state index contributed by atoms with van der Waals surface area (Å²) < 4.78 is 0. The van der Waals surface area contributed by atoms with E-state index in [4.69, 9.17) is 0 Å². The van der Waals surface area contributed by atoms with Crippen LogP contribution in [0.1, 0.15) is 5.56 Å². The fraction of sp³-hybridized carbons (Fsp3) is 0.353. The van der Waals surface area contributed by atoms with E-state index in [1.54, 1.807) is 0 Å². The van der Waals surface area contributed by atoms with Crippen molar-refractivity contribution in [3.8, 4) is 17.3 Å². The quantitative estimate of drug-likeness (QED) is 0.677. The molecule has 124 valence electrons. The Balaban J connectivity index is 1.93. The largest absolute Gasteiger partial charge is 0.369 e. The smallest absolute Gasteiger partial charge is 0.270 e. The third kappa shape index (κ3) is 3.30. The van der Waals surface area contributed by atoms with Crippen LogP contribution in [0.5, 0.6) is 0 Å². The van der Waals surface area contributed by atoms with E-state index >= 15 is 0 Å². The molecule has 1 N–H and O–H groups in total. The minimum atomic E-state index is -0.394. The SMILES string of the molecule is CSc1nc(-c2ccc(N3CCN(C)CC3)cc2)c(C#N)c(=O)[nH]1. The van der Waals surface area contributed by atoms with Crippen LogP contribution in [-0.2, 0) is 0 Å². The zero-order valence-electron chi connectivity index (χ0n) is 13.7. The highest BCUT2D eigenvalue weighted by atomic mass is 32.2. The van der Waals surface area contributed by atoms with Crippen LogP contribution in [0.3, 0.4) is 0 Å². The van der Waals surface area contributed by atoms with Gasteiger partial charge in [-0.15, -0.1) is 0 Å². The Kier molecular flexibility index (Phi) is 4.88. The van der Waals surface area contributed by atoms with Gasteiger partial charge in [-0.25, -0.2) is 4.98 Å². The number of aromatic nitrogens is 2. The van der Waals surface area contributed by atoms with Crippen molar-refractivity contribution < 1.29 is 0 Å². The molecule has 1 saturated heterocycles. The van der Waals surface area contributed by atoms with E-state index < -0.39 is 5.56 Å². The maximum absolute atomic E-state index is 12.0. The van der Waals surface area contributed by atoms with Crippen molar-refractivity contribution in [1.82, 2.24) is 14.9 Å². The molecule has 0 amide bonds. The number of anilines is 1. The van der Waals surface area contributed by atoms with Gasteiger partial charge in [0, 0.05) is 37.4 Å². The topological polar surface area (TPSA) is 76.0 Å². The maximum Gasteiger partial charge on any atom is 0.270 e. The first-order chi connectivity index (χ1) is 11.6. The lowest BCUT2D eigenvalue weighted by molar-refractivity contribution is 0.313. The van der Waals surface area contributed by atoms with Gasteiger partial charge in [0.2, 0.25) is 0 Å². The first-order valence-corrected chi connectivity index (χ1v) is 8.97. The zero-order chi connectivity index (χ0) is 17.1. The molecular weight excluding hydrogens is 322 g/mol. The molecule has 2 aromatic rings. The van der Waals surface area contributed by atoms with E-state index in [2.05, 4.69) is 26.8 Å². The predicted octanol–water partition coefficient (Wildman–Crippen LogP) is 1.78.